The summed E-state index contributed by atoms with van der Waals surface area (Å²) in [6.07, 6.45) is -0.144. The van der Waals surface area contributed by atoms with E-state index < -0.39 is 16.9 Å². The van der Waals surface area contributed by atoms with Crippen LogP contribution in [0.15, 0.2) is 23.3 Å². The molecule has 0 fully saturated rings. The molecule has 9 nitrogen and oxygen atoms in total. The lowest BCUT2D eigenvalue weighted by Crippen LogP contribution is -2.03. The van der Waals surface area contributed by atoms with Crippen LogP contribution in [0.4, 0.5) is 5.69 Å². The molecule has 1 aromatic rings. The molecule has 0 saturated carbocycles. The number of benzene rings is 1. The largest absolute Gasteiger partial charge is 0.487 e. The Hall–Kier alpha value is -2.80. The summed E-state index contributed by atoms with van der Waals surface area (Å²) in [6, 6.07) is 3.41. The number of rotatable bonds is 8. The maximum atomic E-state index is 11.0. The molecule has 0 saturated heterocycles. The Morgan fingerprint density at radius 2 is 2.33 bits per heavy atom. The van der Waals surface area contributed by atoms with Crippen LogP contribution in [-0.2, 0) is 4.79 Å². The number of azide groups is 1. The third-order valence-corrected chi connectivity index (χ3v) is 2.69. The van der Waals surface area contributed by atoms with Crippen LogP contribution < -0.4 is 4.74 Å². The molecule has 0 spiro atoms. The fraction of sp³-hybridized carbons (Fsp3) is 0.417. The quantitative estimate of drug-likeness (QED) is 0.258. The first-order valence-electron chi connectivity index (χ1n) is 6.16. The second-order valence-corrected chi connectivity index (χ2v) is 4.07. The van der Waals surface area contributed by atoms with Crippen molar-refractivity contribution in [2.75, 3.05) is 6.61 Å². The van der Waals surface area contributed by atoms with Crippen molar-refractivity contribution in [1.82, 2.24) is 0 Å². The molecule has 1 N–H and O–H groups in total. The van der Waals surface area contributed by atoms with E-state index in [0.29, 0.717) is 5.56 Å². The van der Waals surface area contributed by atoms with Crippen LogP contribution in [0.1, 0.15) is 31.4 Å². The maximum absolute atomic E-state index is 11.0. The fourth-order valence-electron chi connectivity index (χ4n) is 1.78. The first-order chi connectivity index (χ1) is 9.99. The topological polar surface area (TPSA) is 138 Å². The van der Waals surface area contributed by atoms with Gasteiger partial charge in [-0.3, -0.25) is 14.9 Å². The molecule has 0 aliphatic rings. The lowest BCUT2D eigenvalue weighted by molar-refractivity contribution is -0.385. The molecule has 0 amide bonds. The molecule has 0 aliphatic heterocycles. The number of hydrogen-bond acceptors (Lipinski definition) is 5. The van der Waals surface area contributed by atoms with Gasteiger partial charge in [-0.1, -0.05) is 11.2 Å². The first kappa shape index (κ1) is 16.3. The van der Waals surface area contributed by atoms with Gasteiger partial charge >= 0.3 is 11.7 Å². The molecular weight excluding hydrogens is 280 g/mol. The summed E-state index contributed by atoms with van der Waals surface area (Å²) >= 11 is 0. The van der Waals surface area contributed by atoms with Crippen molar-refractivity contribution < 1.29 is 19.6 Å². The molecule has 0 bridgehead atoms. The van der Waals surface area contributed by atoms with E-state index in [1.807, 2.05) is 0 Å². The third kappa shape index (κ3) is 4.66. The van der Waals surface area contributed by atoms with Crippen LogP contribution in [0.5, 0.6) is 5.75 Å². The Balaban J connectivity index is 3.13. The SMILES string of the molecule is CCOc1ccc(C(CCC(=O)O)N=[N+]=[N-])cc1[N+](=O)[O-]. The van der Waals surface area contributed by atoms with Crippen molar-refractivity contribution >= 4 is 11.7 Å². The molecule has 0 heterocycles. The van der Waals surface area contributed by atoms with Crippen molar-refractivity contribution in [3.8, 4) is 5.75 Å². The van der Waals surface area contributed by atoms with E-state index >= 15 is 0 Å². The van der Waals surface area contributed by atoms with E-state index in [-0.39, 0.29) is 30.9 Å². The minimum absolute atomic E-state index is 0.0600. The van der Waals surface area contributed by atoms with Gasteiger partial charge in [-0.2, -0.15) is 0 Å². The maximum Gasteiger partial charge on any atom is 0.311 e. The minimum Gasteiger partial charge on any atom is -0.487 e. The normalized spacial score (nSPS) is 11.3. The molecule has 1 rings (SSSR count). The van der Waals surface area contributed by atoms with E-state index in [2.05, 4.69) is 10.0 Å². The lowest BCUT2D eigenvalue weighted by atomic mass is 10.0. The standard InChI is InChI=1S/C12H14N4O5/c1-2-21-11-5-3-8(7-10(11)16(19)20)9(14-15-13)4-6-12(17)18/h3,5,7,9H,2,4,6H2,1H3,(H,17,18). The molecule has 1 unspecified atom stereocenters. The zero-order chi connectivity index (χ0) is 15.8. The molecule has 21 heavy (non-hydrogen) atoms. The van der Waals surface area contributed by atoms with Crippen LogP contribution in [0.25, 0.3) is 10.4 Å². The molecule has 0 radical (unpaired) electrons. The van der Waals surface area contributed by atoms with E-state index in [1.165, 1.54) is 18.2 Å². The molecule has 0 aromatic heterocycles. The number of ether oxygens (including phenoxy) is 1. The predicted octanol–water partition coefficient (Wildman–Crippen LogP) is 3.21. The minimum atomic E-state index is -1.03. The van der Waals surface area contributed by atoms with E-state index in [4.69, 9.17) is 15.4 Å². The van der Waals surface area contributed by atoms with Crippen molar-refractivity contribution in [2.45, 2.75) is 25.8 Å². The van der Waals surface area contributed by atoms with Crippen molar-refractivity contribution in [1.29, 1.82) is 0 Å². The summed E-state index contributed by atoms with van der Waals surface area (Å²) in [5.74, 6) is -0.919. The Bertz CT molecular complexity index is 583. The molecule has 1 aromatic carbocycles. The van der Waals surface area contributed by atoms with E-state index in [9.17, 15) is 14.9 Å². The Morgan fingerprint density at radius 1 is 1.62 bits per heavy atom. The number of carboxylic acids is 1. The number of hydrogen-bond donors (Lipinski definition) is 1. The van der Waals surface area contributed by atoms with Crippen molar-refractivity contribution in [3.05, 3.63) is 44.3 Å². The van der Waals surface area contributed by atoms with Crippen LogP contribution in [0, 0.1) is 10.1 Å². The molecular formula is C12H14N4O5. The summed E-state index contributed by atoms with van der Waals surface area (Å²) in [5.41, 5.74) is 8.66. The number of carbonyl (C=O) groups is 1. The number of carboxylic acid groups (broad SMARTS) is 1. The van der Waals surface area contributed by atoms with Gasteiger partial charge in [0.25, 0.3) is 0 Å². The zero-order valence-electron chi connectivity index (χ0n) is 11.3. The van der Waals surface area contributed by atoms with Crippen LogP contribution >= 0.6 is 0 Å². The van der Waals surface area contributed by atoms with E-state index in [0.717, 1.165) is 0 Å². The highest BCUT2D eigenvalue weighted by Crippen LogP contribution is 2.33. The highest BCUT2D eigenvalue weighted by Gasteiger charge is 2.20. The second-order valence-electron chi connectivity index (χ2n) is 4.07. The predicted molar refractivity (Wildman–Crippen MR) is 73.0 cm³/mol. The zero-order valence-corrected chi connectivity index (χ0v) is 11.3. The average Bonchev–Trinajstić information content (AvgIpc) is 2.44. The summed E-state index contributed by atoms with van der Waals surface area (Å²) in [7, 11) is 0. The Kier molecular flexibility index (Phi) is 5.97. The summed E-state index contributed by atoms with van der Waals surface area (Å²) in [5, 5.41) is 23.2. The smallest absolute Gasteiger partial charge is 0.311 e. The third-order valence-electron chi connectivity index (χ3n) is 2.69. The van der Waals surface area contributed by atoms with Crippen molar-refractivity contribution in [3.63, 3.8) is 0 Å². The highest BCUT2D eigenvalue weighted by atomic mass is 16.6. The average molecular weight is 294 g/mol. The first-order valence-corrected chi connectivity index (χ1v) is 6.16. The fourth-order valence-corrected chi connectivity index (χ4v) is 1.78. The van der Waals surface area contributed by atoms with Gasteiger partial charge in [0.2, 0.25) is 0 Å². The van der Waals surface area contributed by atoms with Crippen LogP contribution in [0.3, 0.4) is 0 Å². The molecule has 112 valence electrons. The van der Waals surface area contributed by atoms with Gasteiger partial charge in [0.05, 0.1) is 17.6 Å². The lowest BCUT2D eigenvalue weighted by Gasteiger charge is -2.11. The number of aliphatic carboxylic acids is 1. The summed E-state index contributed by atoms with van der Waals surface area (Å²) < 4.78 is 5.15. The van der Waals surface area contributed by atoms with E-state index in [1.54, 1.807) is 6.92 Å². The van der Waals surface area contributed by atoms with Gasteiger partial charge < -0.3 is 9.84 Å². The van der Waals surface area contributed by atoms with Gasteiger partial charge in [0, 0.05) is 17.4 Å². The Morgan fingerprint density at radius 3 is 2.86 bits per heavy atom. The molecule has 0 aliphatic carbocycles. The van der Waals surface area contributed by atoms with Crippen molar-refractivity contribution in [2.24, 2.45) is 5.11 Å². The number of nitro groups is 1. The Labute approximate surface area is 119 Å². The number of nitrogens with zero attached hydrogens (tertiary/aromatic N) is 4. The summed E-state index contributed by atoms with van der Waals surface area (Å²) in [6.45, 7) is 1.98. The highest BCUT2D eigenvalue weighted by molar-refractivity contribution is 5.66. The molecule has 9 heteroatoms. The van der Waals surface area contributed by atoms with Gasteiger partial charge in [-0.25, -0.2) is 0 Å². The van der Waals surface area contributed by atoms with Crippen LogP contribution in [-0.4, -0.2) is 22.6 Å². The molecule has 1 atom stereocenters. The van der Waals surface area contributed by atoms with Gasteiger partial charge in [0.15, 0.2) is 5.75 Å². The van der Waals surface area contributed by atoms with Gasteiger partial charge in [-0.05, 0) is 30.5 Å². The summed E-state index contributed by atoms with van der Waals surface area (Å²) in [4.78, 5) is 23.7. The van der Waals surface area contributed by atoms with Gasteiger partial charge in [0.1, 0.15) is 0 Å². The number of nitro benzene ring substituents is 1. The van der Waals surface area contributed by atoms with Gasteiger partial charge in [-0.15, -0.1) is 0 Å². The van der Waals surface area contributed by atoms with Crippen LogP contribution in [0.2, 0.25) is 0 Å². The second kappa shape index (κ2) is 7.71. The monoisotopic (exact) mass is 294 g/mol.